The van der Waals surface area contributed by atoms with Crippen LogP contribution in [0, 0.1) is 6.92 Å². The molecule has 0 spiro atoms. The third kappa shape index (κ3) is 4.71. The summed E-state index contributed by atoms with van der Waals surface area (Å²) in [6.07, 6.45) is 0.103. The Labute approximate surface area is 143 Å². The van der Waals surface area contributed by atoms with Crippen molar-refractivity contribution in [2.24, 2.45) is 0 Å². The zero-order chi connectivity index (χ0) is 17.0. The third-order valence-electron chi connectivity index (χ3n) is 3.04. The van der Waals surface area contributed by atoms with Gasteiger partial charge in [-0.25, -0.2) is 0 Å². The number of carbonyl (C=O) groups excluding carboxylic acids is 2. The molecule has 0 saturated carbocycles. The van der Waals surface area contributed by atoms with Crippen molar-refractivity contribution in [3.63, 3.8) is 0 Å². The van der Waals surface area contributed by atoms with Crippen LogP contribution in [0.5, 0.6) is 0 Å². The molecule has 0 aliphatic heterocycles. The number of nitrogens with zero attached hydrogens (tertiary/aromatic N) is 2. The van der Waals surface area contributed by atoms with Crippen molar-refractivity contribution >= 4 is 46.5 Å². The zero-order valence-electron chi connectivity index (χ0n) is 12.6. The highest BCUT2D eigenvalue weighted by molar-refractivity contribution is 6.42. The average Bonchev–Trinajstić information content (AvgIpc) is 2.89. The number of halogens is 2. The summed E-state index contributed by atoms with van der Waals surface area (Å²) in [4.78, 5) is 25.1. The van der Waals surface area contributed by atoms with E-state index in [1.165, 1.54) is 11.8 Å². The molecule has 8 heteroatoms. The van der Waals surface area contributed by atoms with Gasteiger partial charge >= 0.3 is 0 Å². The Bertz CT molecular complexity index is 731. The van der Waals surface area contributed by atoms with E-state index in [0.717, 1.165) is 0 Å². The Hall–Kier alpha value is -2.05. The smallest absolute Gasteiger partial charge is 0.226 e. The second-order valence-corrected chi connectivity index (χ2v) is 5.71. The van der Waals surface area contributed by atoms with Crippen molar-refractivity contribution in [2.75, 3.05) is 16.8 Å². The molecule has 0 bridgehead atoms. The molecule has 2 rings (SSSR count). The van der Waals surface area contributed by atoms with E-state index in [0.29, 0.717) is 27.3 Å². The van der Waals surface area contributed by atoms with Crippen LogP contribution in [0.25, 0.3) is 0 Å². The predicted molar refractivity (Wildman–Crippen MR) is 89.0 cm³/mol. The fourth-order valence-corrected chi connectivity index (χ4v) is 2.22. The molecule has 122 valence electrons. The summed E-state index contributed by atoms with van der Waals surface area (Å²) in [5, 5.41) is 7.25. The monoisotopic (exact) mass is 355 g/mol. The summed E-state index contributed by atoms with van der Waals surface area (Å²) in [6.45, 7) is 3.32. The third-order valence-corrected chi connectivity index (χ3v) is 3.78. The molecule has 1 heterocycles. The van der Waals surface area contributed by atoms with Gasteiger partial charge < -0.3 is 9.84 Å². The van der Waals surface area contributed by atoms with E-state index in [9.17, 15) is 9.59 Å². The van der Waals surface area contributed by atoms with Crippen LogP contribution in [-0.4, -0.2) is 23.5 Å². The molecule has 23 heavy (non-hydrogen) atoms. The Balaban J connectivity index is 1.96. The molecule has 1 N–H and O–H groups in total. The fourth-order valence-electron chi connectivity index (χ4n) is 1.92. The molecule has 0 radical (unpaired) electrons. The lowest BCUT2D eigenvalue weighted by Crippen LogP contribution is -2.32. The van der Waals surface area contributed by atoms with E-state index in [4.69, 9.17) is 27.7 Å². The van der Waals surface area contributed by atoms with Crippen LogP contribution < -0.4 is 10.2 Å². The average molecular weight is 356 g/mol. The Kier molecular flexibility index (Phi) is 5.63. The molecule has 0 unspecified atom stereocenters. The highest BCUT2D eigenvalue weighted by atomic mass is 35.5. The number of hydrogen-bond acceptors (Lipinski definition) is 4. The van der Waals surface area contributed by atoms with Crippen LogP contribution in [0.4, 0.5) is 11.5 Å². The number of amides is 2. The Morgan fingerprint density at radius 1 is 1.26 bits per heavy atom. The topological polar surface area (TPSA) is 75.4 Å². The van der Waals surface area contributed by atoms with Crippen LogP contribution >= 0.6 is 23.2 Å². The van der Waals surface area contributed by atoms with Crippen LogP contribution in [0.2, 0.25) is 10.0 Å². The lowest BCUT2D eigenvalue weighted by atomic mass is 10.3. The highest BCUT2D eigenvalue weighted by Crippen LogP contribution is 2.25. The van der Waals surface area contributed by atoms with Crippen LogP contribution in [-0.2, 0) is 9.59 Å². The summed E-state index contributed by atoms with van der Waals surface area (Å²) in [5.74, 6) is 0.499. The van der Waals surface area contributed by atoms with Gasteiger partial charge in [0.15, 0.2) is 5.82 Å². The lowest BCUT2D eigenvalue weighted by Gasteiger charge is -2.17. The number of aryl methyl sites for hydroxylation is 1. The van der Waals surface area contributed by atoms with E-state index in [1.54, 1.807) is 31.2 Å². The molecule has 1 aromatic heterocycles. The maximum absolute atomic E-state index is 12.0. The van der Waals surface area contributed by atoms with Crippen LogP contribution in [0.3, 0.4) is 0 Å². The molecule has 0 saturated heterocycles. The molecule has 0 fully saturated rings. The van der Waals surface area contributed by atoms with E-state index in [-0.39, 0.29) is 24.8 Å². The van der Waals surface area contributed by atoms with E-state index in [2.05, 4.69) is 10.5 Å². The predicted octanol–water partition coefficient (Wildman–Crippen LogP) is 3.67. The number of anilines is 2. The molecule has 1 aromatic carbocycles. The summed E-state index contributed by atoms with van der Waals surface area (Å²) in [5.41, 5.74) is 0.538. The van der Waals surface area contributed by atoms with Gasteiger partial charge in [-0.05, 0) is 25.1 Å². The highest BCUT2D eigenvalue weighted by Gasteiger charge is 2.17. The standard InChI is InChI=1S/C15H15Cl2N3O3/c1-9-7-14(19-23-9)20(10(2)21)6-5-15(22)18-11-3-4-12(16)13(17)8-11/h3-4,7-8H,5-6H2,1-2H3,(H,18,22). The number of nitrogens with one attached hydrogen (secondary N) is 1. The van der Waals surface area contributed by atoms with Crippen molar-refractivity contribution in [2.45, 2.75) is 20.3 Å². The molecular formula is C15H15Cl2N3O3. The minimum atomic E-state index is -0.255. The minimum Gasteiger partial charge on any atom is -0.360 e. The number of rotatable bonds is 5. The molecule has 2 amide bonds. The summed E-state index contributed by atoms with van der Waals surface area (Å²) in [7, 11) is 0. The molecule has 0 aliphatic rings. The summed E-state index contributed by atoms with van der Waals surface area (Å²) < 4.78 is 4.95. The van der Waals surface area contributed by atoms with Crippen molar-refractivity contribution in [1.82, 2.24) is 5.16 Å². The van der Waals surface area contributed by atoms with Crippen LogP contribution in [0.15, 0.2) is 28.8 Å². The SMILES string of the molecule is CC(=O)N(CCC(=O)Nc1ccc(Cl)c(Cl)c1)c1cc(C)on1. The number of aromatic nitrogens is 1. The largest absolute Gasteiger partial charge is 0.360 e. The molecule has 0 atom stereocenters. The van der Waals surface area contributed by atoms with E-state index >= 15 is 0 Å². The maximum Gasteiger partial charge on any atom is 0.226 e. The number of benzene rings is 1. The van der Waals surface area contributed by atoms with Crippen molar-refractivity contribution < 1.29 is 14.1 Å². The van der Waals surface area contributed by atoms with Gasteiger partial charge in [0, 0.05) is 31.6 Å². The van der Waals surface area contributed by atoms with Gasteiger partial charge in [0.2, 0.25) is 11.8 Å². The molecule has 0 aliphatic carbocycles. The molecule has 6 nitrogen and oxygen atoms in total. The van der Waals surface area contributed by atoms with Gasteiger partial charge in [-0.15, -0.1) is 0 Å². The normalized spacial score (nSPS) is 10.4. The number of carbonyl (C=O) groups is 2. The first-order valence-electron chi connectivity index (χ1n) is 6.83. The van der Waals surface area contributed by atoms with Crippen molar-refractivity contribution in [3.05, 3.63) is 40.1 Å². The second kappa shape index (κ2) is 7.48. The fraction of sp³-hybridized carbons (Fsp3) is 0.267. The van der Waals surface area contributed by atoms with Crippen molar-refractivity contribution in [3.8, 4) is 0 Å². The second-order valence-electron chi connectivity index (χ2n) is 4.89. The zero-order valence-corrected chi connectivity index (χ0v) is 14.1. The van der Waals surface area contributed by atoms with Gasteiger partial charge in [0.05, 0.1) is 10.0 Å². The van der Waals surface area contributed by atoms with Gasteiger partial charge in [-0.3, -0.25) is 14.5 Å². The summed E-state index contributed by atoms with van der Waals surface area (Å²) in [6, 6.07) is 6.44. The van der Waals surface area contributed by atoms with Gasteiger partial charge in [0.25, 0.3) is 0 Å². The van der Waals surface area contributed by atoms with Crippen LogP contribution in [0.1, 0.15) is 19.1 Å². The van der Waals surface area contributed by atoms with Gasteiger partial charge in [-0.1, -0.05) is 28.4 Å². The van der Waals surface area contributed by atoms with E-state index in [1.807, 2.05) is 0 Å². The van der Waals surface area contributed by atoms with Crippen molar-refractivity contribution in [1.29, 1.82) is 0 Å². The quantitative estimate of drug-likeness (QED) is 0.887. The minimum absolute atomic E-state index is 0.103. The molecule has 2 aromatic rings. The Morgan fingerprint density at radius 3 is 2.57 bits per heavy atom. The Morgan fingerprint density at radius 2 is 2.00 bits per heavy atom. The van der Waals surface area contributed by atoms with E-state index < -0.39 is 0 Å². The van der Waals surface area contributed by atoms with Gasteiger partial charge in [-0.2, -0.15) is 0 Å². The molecular weight excluding hydrogens is 341 g/mol. The first-order valence-corrected chi connectivity index (χ1v) is 7.58. The first-order chi connectivity index (χ1) is 10.9. The lowest BCUT2D eigenvalue weighted by molar-refractivity contribution is -0.117. The maximum atomic E-state index is 12.0. The first kappa shape index (κ1) is 17.3. The summed E-state index contributed by atoms with van der Waals surface area (Å²) >= 11 is 11.7. The number of hydrogen-bond donors (Lipinski definition) is 1. The van der Waals surface area contributed by atoms with Gasteiger partial charge in [0.1, 0.15) is 5.76 Å².